The van der Waals surface area contributed by atoms with E-state index in [0.717, 1.165) is 24.3 Å². The maximum absolute atomic E-state index is 5.42. The monoisotopic (exact) mass is 164 g/mol. The molecule has 3 nitrogen and oxygen atoms in total. The number of rotatable bonds is 2. The minimum atomic E-state index is 0.691. The number of nitrogens with one attached hydrogen (secondary N) is 1. The zero-order valence-electron chi connectivity index (χ0n) is 6.84. The molecule has 1 heterocycles. The molecule has 0 bridgehead atoms. The van der Waals surface area contributed by atoms with E-state index < -0.39 is 0 Å². The van der Waals surface area contributed by atoms with Gasteiger partial charge in [-0.3, -0.25) is 11.3 Å². The van der Waals surface area contributed by atoms with E-state index in [2.05, 4.69) is 17.6 Å². The van der Waals surface area contributed by atoms with E-state index in [1.54, 1.807) is 0 Å². The van der Waals surface area contributed by atoms with Crippen LogP contribution in [0.4, 0.5) is 0 Å². The second-order valence-electron chi connectivity index (χ2n) is 2.92. The summed E-state index contributed by atoms with van der Waals surface area (Å²) in [6.45, 7) is 1.51. The molecule has 12 heavy (non-hydrogen) atoms. The molecule has 0 fully saturated rings. The lowest BCUT2D eigenvalue weighted by Gasteiger charge is -2.02. The minimum absolute atomic E-state index is 0.691. The SMILES string of the molecule is NNCc1ccc2c(c1)OCC2. The van der Waals surface area contributed by atoms with Crippen molar-refractivity contribution in [1.82, 2.24) is 5.43 Å². The summed E-state index contributed by atoms with van der Waals surface area (Å²) in [5, 5.41) is 0. The number of nitrogens with two attached hydrogens (primary N) is 1. The lowest BCUT2D eigenvalue weighted by molar-refractivity contribution is 0.356. The van der Waals surface area contributed by atoms with Crippen LogP contribution in [0, 0.1) is 0 Å². The van der Waals surface area contributed by atoms with Gasteiger partial charge in [-0.25, -0.2) is 0 Å². The molecule has 0 saturated heterocycles. The van der Waals surface area contributed by atoms with Gasteiger partial charge < -0.3 is 4.74 Å². The van der Waals surface area contributed by atoms with Gasteiger partial charge in [-0.2, -0.15) is 0 Å². The van der Waals surface area contributed by atoms with Crippen molar-refractivity contribution in [2.24, 2.45) is 5.84 Å². The van der Waals surface area contributed by atoms with E-state index in [0.29, 0.717) is 6.54 Å². The lowest BCUT2D eigenvalue weighted by atomic mass is 10.1. The zero-order valence-corrected chi connectivity index (χ0v) is 6.84. The second-order valence-corrected chi connectivity index (χ2v) is 2.92. The van der Waals surface area contributed by atoms with Crippen molar-refractivity contribution < 1.29 is 4.74 Å². The molecule has 3 N–H and O–H groups in total. The number of hydrogen-bond acceptors (Lipinski definition) is 3. The van der Waals surface area contributed by atoms with Gasteiger partial charge in [0, 0.05) is 13.0 Å². The van der Waals surface area contributed by atoms with Crippen molar-refractivity contribution in [3.05, 3.63) is 29.3 Å². The first-order chi connectivity index (χ1) is 5.90. The van der Waals surface area contributed by atoms with Crippen LogP contribution in [-0.4, -0.2) is 6.61 Å². The Balaban J connectivity index is 2.26. The van der Waals surface area contributed by atoms with Gasteiger partial charge in [0.25, 0.3) is 0 Å². The second kappa shape index (κ2) is 3.13. The van der Waals surface area contributed by atoms with Crippen LogP contribution in [0.1, 0.15) is 11.1 Å². The molecule has 0 amide bonds. The molecule has 1 aliphatic rings. The van der Waals surface area contributed by atoms with Crippen LogP contribution in [0.15, 0.2) is 18.2 Å². The third-order valence-electron chi connectivity index (χ3n) is 2.07. The third kappa shape index (κ3) is 1.29. The van der Waals surface area contributed by atoms with Gasteiger partial charge in [-0.1, -0.05) is 12.1 Å². The summed E-state index contributed by atoms with van der Waals surface area (Å²) < 4.78 is 5.42. The van der Waals surface area contributed by atoms with E-state index in [-0.39, 0.29) is 0 Å². The molecule has 0 aliphatic carbocycles. The van der Waals surface area contributed by atoms with Crippen molar-refractivity contribution in [3.63, 3.8) is 0 Å². The first-order valence-electron chi connectivity index (χ1n) is 4.08. The minimum Gasteiger partial charge on any atom is -0.493 e. The number of hydrazine groups is 1. The topological polar surface area (TPSA) is 47.3 Å². The van der Waals surface area contributed by atoms with Crippen molar-refractivity contribution in [2.45, 2.75) is 13.0 Å². The van der Waals surface area contributed by atoms with E-state index in [4.69, 9.17) is 10.6 Å². The van der Waals surface area contributed by atoms with Gasteiger partial charge in [0.2, 0.25) is 0 Å². The first-order valence-corrected chi connectivity index (χ1v) is 4.08. The van der Waals surface area contributed by atoms with Gasteiger partial charge in [0.1, 0.15) is 5.75 Å². The fourth-order valence-corrected chi connectivity index (χ4v) is 1.44. The molecule has 1 aromatic rings. The van der Waals surface area contributed by atoms with Gasteiger partial charge in [0.05, 0.1) is 6.61 Å². The molecule has 3 heteroatoms. The molecule has 0 atom stereocenters. The molecular formula is C9H12N2O. The Morgan fingerprint density at radius 1 is 1.50 bits per heavy atom. The predicted octanol–water partition coefficient (Wildman–Crippen LogP) is 0.585. The van der Waals surface area contributed by atoms with Crippen LogP contribution in [-0.2, 0) is 13.0 Å². The highest BCUT2D eigenvalue weighted by Gasteiger charge is 2.11. The summed E-state index contributed by atoms with van der Waals surface area (Å²) in [5.74, 6) is 6.23. The van der Waals surface area contributed by atoms with Crippen molar-refractivity contribution >= 4 is 0 Å². The summed E-state index contributed by atoms with van der Waals surface area (Å²) in [5.41, 5.74) is 5.09. The maximum atomic E-state index is 5.42. The maximum Gasteiger partial charge on any atom is 0.122 e. The third-order valence-corrected chi connectivity index (χ3v) is 2.07. The van der Waals surface area contributed by atoms with Gasteiger partial charge in [-0.15, -0.1) is 0 Å². The summed E-state index contributed by atoms with van der Waals surface area (Å²) in [4.78, 5) is 0. The Morgan fingerprint density at radius 2 is 2.42 bits per heavy atom. The molecule has 0 unspecified atom stereocenters. The van der Waals surface area contributed by atoms with Crippen molar-refractivity contribution in [3.8, 4) is 5.75 Å². The quantitative estimate of drug-likeness (QED) is 0.496. The number of fused-ring (bicyclic) bond motifs is 1. The highest BCUT2D eigenvalue weighted by molar-refractivity contribution is 5.39. The summed E-state index contributed by atoms with van der Waals surface area (Å²) in [6, 6.07) is 6.23. The lowest BCUT2D eigenvalue weighted by Crippen LogP contribution is -2.20. The number of hydrogen-bond donors (Lipinski definition) is 2. The fourth-order valence-electron chi connectivity index (χ4n) is 1.44. The Kier molecular flexibility index (Phi) is 1.98. The van der Waals surface area contributed by atoms with E-state index in [1.807, 2.05) is 6.07 Å². The zero-order chi connectivity index (χ0) is 8.39. The highest BCUT2D eigenvalue weighted by Crippen LogP contribution is 2.25. The molecule has 0 spiro atoms. The van der Waals surface area contributed by atoms with Crippen LogP contribution in [0.25, 0.3) is 0 Å². The van der Waals surface area contributed by atoms with Crippen molar-refractivity contribution in [1.29, 1.82) is 0 Å². The van der Waals surface area contributed by atoms with Gasteiger partial charge in [0.15, 0.2) is 0 Å². The fraction of sp³-hybridized carbons (Fsp3) is 0.333. The molecule has 1 aliphatic heterocycles. The molecule has 1 aromatic carbocycles. The average molecular weight is 164 g/mol. The molecule has 64 valence electrons. The van der Waals surface area contributed by atoms with Gasteiger partial charge in [-0.05, 0) is 17.2 Å². The Hall–Kier alpha value is -1.06. The molecular weight excluding hydrogens is 152 g/mol. The molecule has 0 aromatic heterocycles. The van der Waals surface area contributed by atoms with Crippen LogP contribution in [0.2, 0.25) is 0 Å². The van der Waals surface area contributed by atoms with E-state index in [9.17, 15) is 0 Å². The first kappa shape index (κ1) is 7.58. The average Bonchev–Trinajstić information content (AvgIpc) is 2.51. The Bertz CT molecular complexity index is 286. The Labute approximate surface area is 71.5 Å². The molecule has 2 rings (SSSR count). The standard InChI is InChI=1S/C9H12N2O/c10-11-6-7-1-2-8-3-4-12-9(8)5-7/h1-2,5,11H,3-4,6,10H2. The molecule has 0 radical (unpaired) electrons. The summed E-state index contributed by atoms with van der Waals surface area (Å²) in [7, 11) is 0. The molecule has 0 saturated carbocycles. The Morgan fingerprint density at radius 3 is 3.25 bits per heavy atom. The van der Waals surface area contributed by atoms with Crippen molar-refractivity contribution in [2.75, 3.05) is 6.61 Å². The summed E-state index contributed by atoms with van der Waals surface area (Å²) in [6.07, 6.45) is 1.03. The highest BCUT2D eigenvalue weighted by atomic mass is 16.5. The normalized spacial score (nSPS) is 14.1. The smallest absolute Gasteiger partial charge is 0.122 e. The van der Waals surface area contributed by atoms with Crippen LogP contribution < -0.4 is 16.0 Å². The van der Waals surface area contributed by atoms with Gasteiger partial charge >= 0.3 is 0 Å². The van der Waals surface area contributed by atoms with E-state index in [1.165, 1.54) is 5.56 Å². The predicted molar refractivity (Wildman–Crippen MR) is 46.7 cm³/mol. The van der Waals surface area contributed by atoms with Crippen LogP contribution >= 0.6 is 0 Å². The van der Waals surface area contributed by atoms with Crippen LogP contribution in [0.3, 0.4) is 0 Å². The summed E-state index contributed by atoms with van der Waals surface area (Å²) >= 11 is 0. The van der Waals surface area contributed by atoms with E-state index >= 15 is 0 Å². The largest absolute Gasteiger partial charge is 0.493 e. The van der Waals surface area contributed by atoms with Crippen LogP contribution in [0.5, 0.6) is 5.75 Å². The number of ether oxygens (including phenoxy) is 1. The number of benzene rings is 1.